The fraction of sp³-hybridized carbons (Fsp3) is 0.467. The fourth-order valence-electron chi connectivity index (χ4n) is 2.98. The zero-order chi connectivity index (χ0) is 15.7. The summed E-state index contributed by atoms with van der Waals surface area (Å²) in [5.74, 6) is 0.605. The zero-order valence-electron chi connectivity index (χ0n) is 12.6. The smallest absolute Gasteiger partial charge is 0.345 e. The molecule has 1 fully saturated rings. The molecule has 7 nitrogen and oxygen atoms in total. The molecular weight excluding hydrogens is 284 g/mol. The summed E-state index contributed by atoms with van der Waals surface area (Å²) in [5.41, 5.74) is 1.63. The van der Waals surface area contributed by atoms with Crippen LogP contribution in [0.3, 0.4) is 0 Å². The van der Waals surface area contributed by atoms with Crippen LogP contribution in [-0.2, 0) is 0 Å². The Morgan fingerprint density at radius 2 is 2.27 bits per heavy atom. The summed E-state index contributed by atoms with van der Waals surface area (Å²) in [5, 5.41) is 3.84. The van der Waals surface area contributed by atoms with Gasteiger partial charge in [0.1, 0.15) is 11.3 Å². The number of aromatic amines is 1. The molecular formula is C15H18N4O3. The van der Waals surface area contributed by atoms with Gasteiger partial charge in [0, 0.05) is 30.9 Å². The number of H-pyrrole nitrogens is 1. The normalized spacial score (nSPS) is 18.5. The predicted octanol–water partition coefficient (Wildman–Crippen LogP) is 1.39. The van der Waals surface area contributed by atoms with Crippen molar-refractivity contribution in [1.82, 2.24) is 20.0 Å². The number of aryl methyl sites for hydroxylation is 2. The Morgan fingerprint density at radius 1 is 1.45 bits per heavy atom. The molecule has 1 atom stereocenters. The van der Waals surface area contributed by atoms with Crippen molar-refractivity contribution in [2.45, 2.75) is 32.6 Å². The van der Waals surface area contributed by atoms with Gasteiger partial charge in [-0.3, -0.25) is 4.79 Å². The summed E-state index contributed by atoms with van der Waals surface area (Å²) in [4.78, 5) is 32.2. The van der Waals surface area contributed by atoms with E-state index in [-0.39, 0.29) is 17.5 Å². The maximum absolute atomic E-state index is 12.7. The van der Waals surface area contributed by atoms with Crippen LogP contribution in [0.25, 0.3) is 0 Å². The first kappa shape index (κ1) is 14.5. The van der Waals surface area contributed by atoms with E-state index in [1.807, 2.05) is 0 Å². The van der Waals surface area contributed by atoms with E-state index in [2.05, 4.69) is 15.1 Å². The summed E-state index contributed by atoms with van der Waals surface area (Å²) in [6.45, 7) is 4.79. The van der Waals surface area contributed by atoms with Gasteiger partial charge in [0.2, 0.25) is 0 Å². The quantitative estimate of drug-likeness (QED) is 0.905. The molecule has 1 aliphatic heterocycles. The average Bonchev–Trinajstić information content (AvgIpc) is 2.86. The number of nitrogens with one attached hydrogen (secondary N) is 1. The Bertz CT molecular complexity index is 730. The lowest BCUT2D eigenvalue weighted by molar-refractivity contribution is 0.0703. The third-order valence-electron chi connectivity index (χ3n) is 4.09. The molecule has 1 aliphatic rings. The van der Waals surface area contributed by atoms with Gasteiger partial charge in [-0.1, -0.05) is 5.16 Å². The molecule has 0 saturated carbocycles. The number of aromatic nitrogens is 3. The van der Waals surface area contributed by atoms with Crippen molar-refractivity contribution in [1.29, 1.82) is 0 Å². The second-order valence-corrected chi connectivity index (χ2v) is 5.62. The molecule has 0 unspecified atom stereocenters. The highest BCUT2D eigenvalue weighted by Crippen LogP contribution is 2.26. The van der Waals surface area contributed by atoms with Gasteiger partial charge < -0.3 is 14.4 Å². The van der Waals surface area contributed by atoms with Gasteiger partial charge in [0.05, 0.1) is 5.69 Å². The van der Waals surface area contributed by atoms with Crippen LogP contribution in [0.15, 0.2) is 21.6 Å². The molecule has 0 spiro atoms. The van der Waals surface area contributed by atoms with Crippen LogP contribution in [0.4, 0.5) is 0 Å². The molecule has 7 heteroatoms. The topological polar surface area (TPSA) is 92.1 Å². The van der Waals surface area contributed by atoms with Gasteiger partial charge in [-0.15, -0.1) is 0 Å². The second-order valence-electron chi connectivity index (χ2n) is 5.62. The number of piperidine rings is 1. The van der Waals surface area contributed by atoms with Crippen LogP contribution in [0.1, 0.15) is 46.3 Å². The predicted molar refractivity (Wildman–Crippen MR) is 78.7 cm³/mol. The van der Waals surface area contributed by atoms with E-state index in [0.29, 0.717) is 30.1 Å². The van der Waals surface area contributed by atoms with E-state index in [9.17, 15) is 9.59 Å². The number of carbonyl (C=O) groups excluding carboxylic acids is 1. The number of amides is 1. The van der Waals surface area contributed by atoms with E-state index in [1.54, 1.807) is 24.8 Å². The largest absolute Gasteiger partial charge is 0.361 e. The molecule has 22 heavy (non-hydrogen) atoms. The van der Waals surface area contributed by atoms with E-state index >= 15 is 0 Å². The summed E-state index contributed by atoms with van der Waals surface area (Å²) in [6, 6.07) is 1.80. The van der Waals surface area contributed by atoms with Crippen molar-refractivity contribution in [3.05, 3.63) is 45.5 Å². The summed E-state index contributed by atoms with van der Waals surface area (Å²) in [6.07, 6.45) is 3.33. The lowest BCUT2D eigenvalue weighted by Gasteiger charge is -2.32. The molecule has 0 bridgehead atoms. The van der Waals surface area contributed by atoms with Crippen LogP contribution < -0.4 is 5.69 Å². The monoisotopic (exact) mass is 302 g/mol. The Hall–Kier alpha value is -2.44. The van der Waals surface area contributed by atoms with Crippen molar-refractivity contribution in [3.63, 3.8) is 0 Å². The Balaban J connectivity index is 1.81. The number of hydrogen-bond acceptors (Lipinski definition) is 5. The average molecular weight is 302 g/mol. The maximum atomic E-state index is 12.7. The lowest BCUT2D eigenvalue weighted by atomic mass is 9.94. The fourth-order valence-corrected chi connectivity index (χ4v) is 2.98. The van der Waals surface area contributed by atoms with Crippen molar-refractivity contribution < 1.29 is 9.32 Å². The molecule has 0 aromatic carbocycles. The molecule has 116 valence electrons. The third-order valence-corrected chi connectivity index (χ3v) is 4.09. The van der Waals surface area contributed by atoms with Crippen LogP contribution in [0.2, 0.25) is 0 Å². The van der Waals surface area contributed by atoms with E-state index in [1.165, 1.54) is 6.20 Å². The second kappa shape index (κ2) is 5.75. The van der Waals surface area contributed by atoms with Crippen molar-refractivity contribution in [3.8, 4) is 0 Å². The van der Waals surface area contributed by atoms with E-state index in [0.717, 1.165) is 18.5 Å². The first-order valence-electron chi connectivity index (χ1n) is 7.33. The molecule has 1 saturated heterocycles. The van der Waals surface area contributed by atoms with Gasteiger partial charge in [-0.2, -0.15) is 0 Å². The van der Waals surface area contributed by atoms with Crippen LogP contribution in [0, 0.1) is 13.8 Å². The van der Waals surface area contributed by atoms with Crippen molar-refractivity contribution >= 4 is 5.91 Å². The number of likely N-dealkylation sites (tertiary alicyclic amines) is 1. The number of hydrogen-bond donors (Lipinski definition) is 1. The lowest BCUT2D eigenvalue weighted by Crippen LogP contribution is -2.40. The Kier molecular flexibility index (Phi) is 3.79. The minimum atomic E-state index is -0.355. The summed E-state index contributed by atoms with van der Waals surface area (Å²) < 4.78 is 5.08. The van der Waals surface area contributed by atoms with Gasteiger partial charge in [0.25, 0.3) is 5.91 Å². The number of carbonyl (C=O) groups is 1. The highest BCUT2D eigenvalue weighted by molar-refractivity contribution is 5.96. The molecule has 2 aromatic heterocycles. The molecule has 1 N–H and O–H groups in total. The SMILES string of the molecule is Cc1noc(C)c1C(=O)N1CCC[C@H](c2ccnc(=O)[nH]2)C1. The van der Waals surface area contributed by atoms with Gasteiger partial charge >= 0.3 is 5.69 Å². The number of nitrogens with zero attached hydrogens (tertiary/aromatic N) is 3. The molecule has 0 radical (unpaired) electrons. The van der Waals surface area contributed by atoms with E-state index in [4.69, 9.17) is 4.52 Å². The third kappa shape index (κ3) is 2.66. The molecule has 2 aromatic rings. The molecule has 3 heterocycles. The summed E-state index contributed by atoms with van der Waals surface area (Å²) in [7, 11) is 0. The van der Waals surface area contributed by atoms with Crippen LogP contribution in [0.5, 0.6) is 0 Å². The van der Waals surface area contributed by atoms with Crippen molar-refractivity contribution in [2.24, 2.45) is 0 Å². The van der Waals surface area contributed by atoms with Gasteiger partial charge in [-0.05, 0) is 32.8 Å². The molecule has 3 rings (SSSR count). The number of rotatable bonds is 2. The van der Waals surface area contributed by atoms with Gasteiger partial charge in [-0.25, -0.2) is 9.78 Å². The molecule has 1 amide bonds. The molecule has 0 aliphatic carbocycles. The minimum Gasteiger partial charge on any atom is -0.361 e. The minimum absolute atomic E-state index is 0.0580. The standard InChI is InChI=1S/C15H18N4O3/c1-9-13(10(2)22-18-9)14(20)19-7-3-4-11(8-19)12-5-6-16-15(21)17-12/h5-6,11H,3-4,7-8H2,1-2H3,(H,16,17,21)/t11-/m0/s1. The summed E-state index contributed by atoms with van der Waals surface area (Å²) >= 11 is 0. The van der Waals surface area contributed by atoms with Gasteiger partial charge in [0.15, 0.2) is 0 Å². The first-order valence-corrected chi connectivity index (χ1v) is 7.33. The Labute approximate surface area is 127 Å². The highest BCUT2D eigenvalue weighted by atomic mass is 16.5. The maximum Gasteiger partial charge on any atom is 0.345 e. The first-order chi connectivity index (χ1) is 10.6. The van der Waals surface area contributed by atoms with Crippen LogP contribution in [-0.4, -0.2) is 39.0 Å². The Morgan fingerprint density at radius 3 is 2.95 bits per heavy atom. The highest BCUT2D eigenvalue weighted by Gasteiger charge is 2.29. The zero-order valence-corrected chi connectivity index (χ0v) is 12.6. The van der Waals surface area contributed by atoms with Crippen LogP contribution >= 0.6 is 0 Å². The van der Waals surface area contributed by atoms with E-state index < -0.39 is 0 Å². The van der Waals surface area contributed by atoms with Crippen molar-refractivity contribution in [2.75, 3.05) is 13.1 Å².